The van der Waals surface area contributed by atoms with Crippen molar-refractivity contribution in [2.45, 2.75) is 44.8 Å². The first-order valence-electron chi connectivity index (χ1n) is 10.5. The number of anilines is 1. The van der Waals surface area contributed by atoms with Crippen molar-refractivity contribution in [1.29, 1.82) is 0 Å². The maximum atomic E-state index is 9.91. The van der Waals surface area contributed by atoms with Gasteiger partial charge in [0.2, 0.25) is 0 Å². The number of benzene rings is 1. The van der Waals surface area contributed by atoms with Gasteiger partial charge in [0.1, 0.15) is 11.6 Å². The minimum absolute atomic E-state index is 0.351. The van der Waals surface area contributed by atoms with Crippen LogP contribution in [0.5, 0.6) is 0 Å². The van der Waals surface area contributed by atoms with Gasteiger partial charge < -0.3 is 19.8 Å². The van der Waals surface area contributed by atoms with E-state index < -0.39 is 12.2 Å². The second-order valence-corrected chi connectivity index (χ2v) is 8.38. The Morgan fingerprint density at radius 2 is 1.67 bits per heavy atom. The van der Waals surface area contributed by atoms with Gasteiger partial charge >= 0.3 is 0 Å². The number of aryl methyl sites for hydroxylation is 2. The molecule has 158 valence electrons. The van der Waals surface area contributed by atoms with E-state index in [0.29, 0.717) is 36.5 Å². The van der Waals surface area contributed by atoms with Crippen molar-refractivity contribution >= 4 is 16.7 Å². The number of hydrogen-bond acceptors (Lipinski definition) is 7. The van der Waals surface area contributed by atoms with Crippen LogP contribution in [-0.4, -0.2) is 68.5 Å². The van der Waals surface area contributed by atoms with Crippen LogP contribution >= 0.6 is 0 Å². The van der Waals surface area contributed by atoms with E-state index in [1.165, 1.54) is 11.1 Å². The molecule has 0 spiro atoms. The van der Waals surface area contributed by atoms with E-state index in [4.69, 9.17) is 4.74 Å². The molecule has 30 heavy (non-hydrogen) atoms. The predicted molar refractivity (Wildman–Crippen MR) is 113 cm³/mol. The summed E-state index contributed by atoms with van der Waals surface area (Å²) in [5.74, 6) is 2.50. The normalized spacial score (nSPS) is 22.9. The van der Waals surface area contributed by atoms with Gasteiger partial charge in [0.25, 0.3) is 0 Å². The molecule has 2 N–H and O–H groups in total. The van der Waals surface area contributed by atoms with Gasteiger partial charge in [0, 0.05) is 37.8 Å². The highest BCUT2D eigenvalue weighted by molar-refractivity contribution is 5.82. The van der Waals surface area contributed by atoms with Crippen LogP contribution in [0, 0.1) is 13.8 Å². The molecule has 2 aliphatic heterocycles. The van der Waals surface area contributed by atoms with E-state index in [1.54, 1.807) is 0 Å². The lowest BCUT2D eigenvalue weighted by Gasteiger charge is -2.24. The fourth-order valence-electron chi connectivity index (χ4n) is 4.60. The smallest absolute Gasteiger partial charge is 0.159 e. The molecule has 0 aliphatic carbocycles. The number of hydrogen-bond donors (Lipinski definition) is 2. The molecule has 2 fully saturated rings. The molecule has 2 aromatic heterocycles. The molecule has 0 amide bonds. The van der Waals surface area contributed by atoms with E-state index in [-0.39, 0.29) is 0 Å². The predicted octanol–water partition coefficient (Wildman–Crippen LogP) is 1.87. The van der Waals surface area contributed by atoms with Gasteiger partial charge in [-0.1, -0.05) is 0 Å². The number of nitrogens with zero attached hydrogens (tertiary/aromatic N) is 5. The average molecular weight is 409 g/mol. The van der Waals surface area contributed by atoms with Crippen molar-refractivity contribution in [3.05, 3.63) is 41.3 Å². The van der Waals surface area contributed by atoms with E-state index in [1.807, 2.05) is 28.8 Å². The van der Waals surface area contributed by atoms with Crippen molar-refractivity contribution in [3.63, 3.8) is 0 Å². The Morgan fingerprint density at radius 1 is 0.967 bits per heavy atom. The highest BCUT2D eigenvalue weighted by Crippen LogP contribution is 2.33. The first kappa shape index (κ1) is 19.4. The van der Waals surface area contributed by atoms with Gasteiger partial charge in [-0.05, 0) is 55.9 Å². The van der Waals surface area contributed by atoms with Crippen molar-refractivity contribution < 1.29 is 14.9 Å². The molecule has 2 unspecified atom stereocenters. The summed E-state index contributed by atoms with van der Waals surface area (Å²) in [7, 11) is 0. The fourth-order valence-corrected chi connectivity index (χ4v) is 4.60. The zero-order valence-electron chi connectivity index (χ0n) is 17.3. The van der Waals surface area contributed by atoms with Crippen LogP contribution in [0.3, 0.4) is 0 Å². The number of aliphatic hydroxyl groups is 2. The summed E-state index contributed by atoms with van der Waals surface area (Å²) in [6.07, 6.45) is 2.42. The Bertz CT molecular complexity index is 1070. The minimum Gasteiger partial charge on any atom is -0.389 e. The lowest BCUT2D eigenvalue weighted by Crippen LogP contribution is -2.23. The zero-order chi connectivity index (χ0) is 20.8. The van der Waals surface area contributed by atoms with Crippen LogP contribution in [-0.2, 0) is 4.74 Å². The number of aliphatic hydroxyl groups excluding tert-OH is 2. The quantitative estimate of drug-likeness (QED) is 0.682. The van der Waals surface area contributed by atoms with Gasteiger partial charge in [-0.15, -0.1) is 0 Å². The maximum Gasteiger partial charge on any atom is 0.159 e. The third-order valence-electron chi connectivity index (χ3n) is 6.23. The van der Waals surface area contributed by atoms with Crippen LogP contribution < -0.4 is 4.90 Å². The second-order valence-electron chi connectivity index (χ2n) is 8.38. The number of rotatable bonds is 3. The van der Waals surface area contributed by atoms with E-state index >= 15 is 0 Å². The lowest BCUT2D eigenvalue weighted by molar-refractivity contribution is 0.0572. The zero-order valence-corrected chi connectivity index (χ0v) is 17.3. The number of aromatic nitrogens is 4. The summed E-state index contributed by atoms with van der Waals surface area (Å²) < 4.78 is 7.40. The second kappa shape index (κ2) is 7.61. The van der Waals surface area contributed by atoms with Crippen molar-refractivity contribution in [1.82, 2.24) is 19.7 Å². The summed E-state index contributed by atoms with van der Waals surface area (Å²) in [5, 5.41) is 25.5. The molecule has 8 heteroatoms. The molecular weight excluding hydrogens is 382 g/mol. The summed E-state index contributed by atoms with van der Waals surface area (Å²) >= 11 is 0. The Labute approximate surface area is 175 Å². The van der Waals surface area contributed by atoms with Crippen LogP contribution in [0.4, 0.5) is 5.82 Å². The molecule has 0 radical (unpaired) electrons. The number of ether oxygens (including phenoxy) is 1. The first-order valence-corrected chi connectivity index (χ1v) is 10.5. The van der Waals surface area contributed by atoms with Crippen molar-refractivity contribution in [2.75, 3.05) is 31.2 Å². The van der Waals surface area contributed by atoms with Gasteiger partial charge in [0.05, 0.1) is 23.9 Å². The van der Waals surface area contributed by atoms with Gasteiger partial charge in [-0.2, -0.15) is 5.10 Å². The topological polar surface area (TPSA) is 96.5 Å². The van der Waals surface area contributed by atoms with Gasteiger partial charge in [-0.25, -0.2) is 14.6 Å². The third-order valence-corrected chi connectivity index (χ3v) is 6.23. The Kier molecular flexibility index (Phi) is 4.92. The molecular formula is C22H27N5O3. The van der Waals surface area contributed by atoms with E-state index in [9.17, 15) is 10.2 Å². The van der Waals surface area contributed by atoms with Crippen LogP contribution in [0.25, 0.3) is 16.7 Å². The Morgan fingerprint density at radius 3 is 2.40 bits per heavy atom. The number of fused-ring (bicyclic) bond motifs is 1. The van der Waals surface area contributed by atoms with Crippen molar-refractivity contribution in [3.8, 4) is 5.82 Å². The minimum atomic E-state index is -0.765. The van der Waals surface area contributed by atoms with Gasteiger partial charge in [-0.3, -0.25) is 0 Å². The summed E-state index contributed by atoms with van der Waals surface area (Å²) in [5.41, 5.74) is 3.66. The van der Waals surface area contributed by atoms with Gasteiger partial charge in [0.15, 0.2) is 5.82 Å². The van der Waals surface area contributed by atoms with E-state index in [0.717, 1.165) is 37.0 Å². The standard InChI is InChI=1S/C22H27N5O3/c1-13-7-16-10-23-27(18(16)8-17(13)15-3-5-30-6-4-15)22-9-21(24-14(2)25-22)26-11-19(28)20(29)12-26/h7-10,15,19-20,28-29H,3-6,11-12H2,1-2H3. The van der Waals surface area contributed by atoms with E-state index in [2.05, 4.69) is 34.1 Å². The summed E-state index contributed by atoms with van der Waals surface area (Å²) in [6.45, 7) is 6.33. The molecule has 3 aromatic rings. The molecule has 8 nitrogen and oxygen atoms in total. The van der Waals surface area contributed by atoms with Crippen LogP contribution in [0.2, 0.25) is 0 Å². The SMILES string of the molecule is Cc1nc(N2CC(O)C(O)C2)cc(-n2ncc3cc(C)c(C4CCOCC4)cc32)n1. The Balaban J connectivity index is 1.56. The third kappa shape index (κ3) is 3.45. The average Bonchev–Trinajstić information content (AvgIpc) is 3.30. The molecule has 5 rings (SSSR count). The largest absolute Gasteiger partial charge is 0.389 e. The maximum absolute atomic E-state index is 9.91. The summed E-state index contributed by atoms with van der Waals surface area (Å²) in [4.78, 5) is 11.0. The Hall–Kier alpha value is -2.55. The molecule has 2 aliphatic rings. The molecule has 1 aromatic carbocycles. The molecule has 2 atom stereocenters. The summed E-state index contributed by atoms with van der Waals surface area (Å²) in [6, 6.07) is 6.32. The van der Waals surface area contributed by atoms with Crippen LogP contribution in [0.15, 0.2) is 24.4 Å². The lowest BCUT2D eigenvalue weighted by atomic mass is 9.88. The molecule has 4 heterocycles. The fraction of sp³-hybridized carbons (Fsp3) is 0.500. The molecule has 0 saturated carbocycles. The molecule has 0 bridgehead atoms. The monoisotopic (exact) mass is 409 g/mol. The van der Waals surface area contributed by atoms with Crippen molar-refractivity contribution in [2.24, 2.45) is 0 Å². The molecule has 2 saturated heterocycles. The highest BCUT2D eigenvalue weighted by Gasteiger charge is 2.31. The first-order chi connectivity index (χ1) is 14.5. The number of β-amino-alcohol motifs (C(OH)–C–C–N with tert-alkyl or cyclic N) is 2. The van der Waals surface area contributed by atoms with Crippen LogP contribution in [0.1, 0.15) is 35.7 Å². The highest BCUT2D eigenvalue weighted by atomic mass is 16.5.